The fourth-order valence-corrected chi connectivity index (χ4v) is 2.46. The van der Waals surface area contributed by atoms with Crippen molar-refractivity contribution in [1.82, 2.24) is 0 Å². The van der Waals surface area contributed by atoms with Crippen LogP contribution in [0, 0.1) is 6.92 Å². The van der Waals surface area contributed by atoms with Crippen LogP contribution >= 0.6 is 0 Å². The molecule has 0 aliphatic carbocycles. The van der Waals surface area contributed by atoms with E-state index >= 15 is 0 Å². The number of nitrogens with one attached hydrogen (secondary N) is 1. The minimum Gasteiger partial charge on any atom is -0.497 e. The van der Waals surface area contributed by atoms with Crippen molar-refractivity contribution in [3.05, 3.63) is 71.7 Å². The monoisotopic (exact) mass is 367 g/mol. The summed E-state index contributed by atoms with van der Waals surface area (Å²) in [6.45, 7) is 2.25. The van der Waals surface area contributed by atoms with Crippen molar-refractivity contribution in [2.75, 3.05) is 19.5 Å². The summed E-state index contributed by atoms with van der Waals surface area (Å²) in [5.41, 5.74) is 1.66. The second-order valence-electron chi connectivity index (χ2n) is 5.89. The van der Waals surface area contributed by atoms with Crippen LogP contribution in [0.3, 0.4) is 0 Å². The predicted octanol–water partition coefficient (Wildman–Crippen LogP) is 4.44. The van der Waals surface area contributed by atoms with E-state index in [1.165, 1.54) is 7.11 Å². The van der Waals surface area contributed by atoms with Crippen molar-refractivity contribution in [2.24, 2.45) is 0 Å². The van der Waals surface area contributed by atoms with E-state index in [2.05, 4.69) is 5.32 Å². The van der Waals surface area contributed by atoms with Gasteiger partial charge < -0.3 is 23.9 Å². The molecule has 0 aliphatic rings. The molecule has 6 nitrogen and oxygen atoms in total. The van der Waals surface area contributed by atoms with Gasteiger partial charge in [-0.3, -0.25) is 4.79 Å². The van der Waals surface area contributed by atoms with E-state index in [1.54, 1.807) is 37.4 Å². The number of ether oxygens (including phenoxy) is 3. The molecule has 0 radical (unpaired) electrons. The fraction of sp³-hybridized carbons (Fsp3) is 0.190. The Morgan fingerprint density at radius 3 is 2.41 bits per heavy atom. The Hall–Kier alpha value is -3.41. The molecule has 3 aromatic rings. The van der Waals surface area contributed by atoms with Crippen LogP contribution in [0.5, 0.6) is 17.2 Å². The second-order valence-corrected chi connectivity index (χ2v) is 5.89. The SMILES string of the molecule is COc1ccc(OC)c(NC(=O)c2ccc(COc3ccc(C)cc3)o2)c1. The largest absolute Gasteiger partial charge is 0.497 e. The van der Waals surface area contributed by atoms with E-state index in [9.17, 15) is 4.79 Å². The minimum atomic E-state index is -0.386. The van der Waals surface area contributed by atoms with Crippen molar-refractivity contribution >= 4 is 11.6 Å². The number of hydrogen-bond acceptors (Lipinski definition) is 5. The van der Waals surface area contributed by atoms with Gasteiger partial charge in [0.2, 0.25) is 0 Å². The zero-order chi connectivity index (χ0) is 19.2. The molecule has 0 spiro atoms. The topological polar surface area (TPSA) is 69.9 Å². The van der Waals surface area contributed by atoms with E-state index in [0.717, 1.165) is 11.3 Å². The highest BCUT2D eigenvalue weighted by Gasteiger charge is 2.15. The number of anilines is 1. The van der Waals surface area contributed by atoms with Gasteiger partial charge in [0, 0.05) is 6.07 Å². The Balaban J connectivity index is 1.65. The second kappa shape index (κ2) is 8.31. The van der Waals surface area contributed by atoms with Crippen LogP contribution in [0.15, 0.2) is 59.0 Å². The first-order valence-corrected chi connectivity index (χ1v) is 8.40. The lowest BCUT2D eigenvalue weighted by molar-refractivity contribution is 0.0992. The molecule has 1 amide bonds. The van der Waals surface area contributed by atoms with Crippen molar-refractivity contribution in [3.63, 3.8) is 0 Å². The maximum absolute atomic E-state index is 12.5. The zero-order valence-electron chi connectivity index (χ0n) is 15.4. The molecule has 1 N–H and O–H groups in total. The average molecular weight is 367 g/mol. The summed E-state index contributed by atoms with van der Waals surface area (Å²) in [7, 11) is 3.09. The van der Waals surface area contributed by atoms with Gasteiger partial charge in [-0.15, -0.1) is 0 Å². The van der Waals surface area contributed by atoms with Gasteiger partial charge in [-0.1, -0.05) is 17.7 Å². The molecule has 0 bridgehead atoms. The van der Waals surface area contributed by atoms with Crippen LogP contribution in [-0.4, -0.2) is 20.1 Å². The molecular weight excluding hydrogens is 346 g/mol. The Kier molecular flexibility index (Phi) is 5.66. The van der Waals surface area contributed by atoms with E-state index in [0.29, 0.717) is 22.9 Å². The van der Waals surface area contributed by atoms with Crippen LogP contribution in [0.2, 0.25) is 0 Å². The van der Waals surface area contributed by atoms with Gasteiger partial charge in [0.25, 0.3) is 5.91 Å². The van der Waals surface area contributed by atoms with Crippen molar-refractivity contribution in [3.8, 4) is 17.2 Å². The molecule has 0 atom stereocenters. The first-order chi connectivity index (χ1) is 13.1. The lowest BCUT2D eigenvalue weighted by Crippen LogP contribution is -2.12. The molecule has 0 unspecified atom stereocenters. The lowest BCUT2D eigenvalue weighted by atomic mass is 10.2. The van der Waals surface area contributed by atoms with Gasteiger partial charge in [-0.25, -0.2) is 0 Å². The number of methoxy groups -OCH3 is 2. The van der Waals surface area contributed by atoms with Gasteiger partial charge in [-0.2, -0.15) is 0 Å². The Morgan fingerprint density at radius 1 is 0.963 bits per heavy atom. The Labute approximate surface area is 157 Å². The van der Waals surface area contributed by atoms with E-state index in [-0.39, 0.29) is 18.3 Å². The third kappa shape index (κ3) is 4.61. The quantitative estimate of drug-likeness (QED) is 0.669. The van der Waals surface area contributed by atoms with E-state index in [1.807, 2.05) is 31.2 Å². The molecule has 0 saturated carbocycles. The number of hydrogen-bond donors (Lipinski definition) is 1. The van der Waals surface area contributed by atoms with Gasteiger partial charge in [-0.05, 0) is 43.3 Å². The van der Waals surface area contributed by atoms with E-state index in [4.69, 9.17) is 18.6 Å². The van der Waals surface area contributed by atoms with Crippen LogP contribution < -0.4 is 19.5 Å². The van der Waals surface area contributed by atoms with Crippen LogP contribution in [0.1, 0.15) is 21.9 Å². The Morgan fingerprint density at radius 2 is 1.70 bits per heavy atom. The molecule has 1 aromatic heterocycles. The fourth-order valence-electron chi connectivity index (χ4n) is 2.46. The number of furan rings is 1. The summed E-state index contributed by atoms with van der Waals surface area (Å²) in [6.07, 6.45) is 0. The van der Waals surface area contributed by atoms with Crippen LogP contribution in [-0.2, 0) is 6.61 Å². The number of aryl methyl sites for hydroxylation is 1. The molecule has 27 heavy (non-hydrogen) atoms. The molecule has 6 heteroatoms. The minimum absolute atomic E-state index is 0.183. The zero-order valence-corrected chi connectivity index (χ0v) is 15.4. The Bertz CT molecular complexity index is 915. The third-order valence-electron chi connectivity index (χ3n) is 3.94. The first-order valence-electron chi connectivity index (χ1n) is 8.40. The summed E-state index contributed by atoms with van der Waals surface area (Å²) < 4.78 is 21.7. The lowest BCUT2D eigenvalue weighted by Gasteiger charge is -2.11. The van der Waals surface area contributed by atoms with Gasteiger partial charge in [0.05, 0.1) is 19.9 Å². The molecular formula is C21H21NO5. The van der Waals surface area contributed by atoms with Gasteiger partial charge in [0.15, 0.2) is 5.76 Å². The summed E-state index contributed by atoms with van der Waals surface area (Å²) in [6, 6.07) is 16.2. The molecule has 2 aromatic carbocycles. The predicted molar refractivity (Wildman–Crippen MR) is 102 cm³/mol. The smallest absolute Gasteiger partial charge is 0.291 e. The van der Waals surface area contributed by atoms with Gasteiger partial charge in [0.1, 0.15) is 29.6 Å². The molecule has 0 saturated heterocycles. The molecule has 140 valence electrons. The molecule has 1 heterocycles. The number of carbonyl (C=O) groups excluding carboxylic acids is 1. The molecule has 0 aliphatic heterocycles. The number of amides is 1. The van der Waals surface area contributed by atoms with Crippen molar-refractivity contribution in [2.45, 2.75) is 13.5 Å². The standard InChI is InChI=1S/C21H21NO5/c1-14-4-6-15(7-5-14)26-13-17-9-11-20(27-17)21(23)22-18-12-16(24-2)8-10-19(18)25-3/h4-12H,13H2,1-3H3,(H,22,23). The number of benzene rings is 2. The van der Waals surface area contributed by atoms with Crippen molar-refractivity contribution < 1.29 is 23.4 Å². The summed E-state index contributed by atoms with van der Waals surface area (Å²) in [5, 5.41) is 2.77. The highest BCUT2D eigenvalue weighted by atomic mass is 16.5. The number of carbonyl (C=O) groups is 1. The summed E-state index contributed by atoms with van der Waals surface area (Å²) >= 11 is 0. The maximum atomic E-state index is 12.5. The van der Waals surface area contributed by atoms with Crippen molar-refractivity contribution in [1.29, 1.82) is 0 Å². The molecule has 3 rings (SSSR count). The maximum Gasteiger partial charge on any atom is 0.291 e. The van der Waals surface area contributed by atoms with Gasteiger partial charge >= 0.3 is 0 Å². The first kappa shape index (κ1) is 18.4. The van der Waals surface area contributed by atoms with E-state index < -0.39 is 0 Å². The summed E-state index contributed by atoms with van der Waals surface area (Å²) in [4.78, 5) is 12.5. The van der Waals surface area contributed by atoms with Crippen LogP contribution in [0.4, 0.5) is 5.69 Å². The average Bonchev–Trinajstić information content (AvgIpc) is 3.16. The third-order valence-corrected chi connectivity index (χ3v) is 3.94. The van der Waals surface area contributed by atoms with Crippen LogP contribution in [0.25, 0.3) is 0 Å². The highest BCUT2D eigenvalue weighted by Crippen LogP contribution is 2.29. The number of rotatable bonds is 7. The molecule has 0 fully saturated rings. The highest BCUT2D eigenvalue weighted by molar-refractivity contribution is 6.03. The summed E-state index contributed by atoms with van der Waals surface area (Å²) in [5.74, 6) is 2.23. The normalized spacial score (nSPS) is 10.3.